The number of amides is 1. The minimum absolute atomic E-state index is 0.108. The van der Waals surface area contributed by atoms with E-state index in [0.717, 1.165) is 122 Å². The van der Waals surface area contributed by atoms with Gasteiger partial charge in [0.1, 0.15) is 0 Å². The minimum Gasteiger partial charge on any atom is -0.394 e. The lowest BCUT2D eigenvalue weighted by Gasteiger charge is -2.19. The van der Waals surface area contributed by atoms with Crippen molar-refractivity contribution in [3.8, 4) is 0 Å². The van der Waals surface area contributed by atoms with Gasteiger partial charge in [-0.2, -0.15) is 0 Å². The van der Waals surface area contributed by atoms with E-state index in [1.54, 1.807) is 6.08 Å². The van der Waals surface area contributed by atoms with Gasteiger partial charge < -0.3 is 15.5 Å². The average Bonchev–Trinajstić information content (AvgIpc) is 3.37. The van der Waals surface area contributed by atoms with E-state index in [0.29, 0.717) is 6.42 Å². The number of rotatable bonds is 51. The van der Waals surface area contributed by atoms with Crippen LogP contribution in [0.15, 0.2) is 158 Å². The van der Waals surface area contributed by atoms with Crippen molar-refractivity contribution in [2.45, 2.75) is 251 Å². The fourth-order valence-electron chi connectivity index (χ4n) is 7.83. The van der Waals surface area contributed by atoms with Crippen molar-refractivity contribution >= 4 is 5.91 Å². The summed E-state index contributed by atoms with van der Waals surface area (Å²) in [4.78, 5) is 12.5. The largest absolute Gasteiger partial charge is 0.394 e. The van der Waals surface area contributed by atoms with Gasteiger partial charge >= 0.3 is 0 Å². The number of carbonyl (C=O) groups is 1. The monoisotopic (exact) mass is 976 g/mol. The summed E-state index contributed by atoms with van der Waals surface area (Å²) in [7, 11) is 0. The van der Waals surface area contributed by atoms with E-state index in [-0.39, 0.29) is 12.5 Å². The summed E-state index contributed by atoms with van der Waals surface area (Å²) in [5.41, 5.74) is 0. The standard InChI is InChI=1S/C67H109NO3/c1-3-5-7-9-11-13-15-17-19-21-23-25-27-29-30-31-32-33-34-35-36-37-38-39-41-43-45-47-49-51-53-55-57-59-61-63-67(71)68-65(64-69)66(70)62-60-58-56-54-52-50-48-46-44-42-40-28-26-24-22-20-18-16-14-12-10-8-6-4-2/h5,7,11,13,17,19,23,25,29-30,32-33,35-36,38-39,43-46,49,51-52,54,60,62,65-66,69-70H,3-4,6,8-10,12,14-16,18,20-22,24,26-28,31,34,37,40-42,47-48,50,53,55-59,61,63-64H2,1-2H3,(H,68,71)/b7-5-,13-11-,19-17-,25-23-,30-29-,33-32-,36-35-,39-38-,45-43-,46-44+,51-49-,54-52+,62-60+. The molecule has 0 aromatic rings. The fraction of sp³-hybridized carbons (Fsp3) is 0.597. The highest BCUT2D eigenvalue weighted by Crippen LogP contribution is 2.14. The highest BCUT2D eigenvalue weighted by atomic mass is 16.3. The van der Waals surface area contributed by atoms with Gasteiger partial charge in [0.15, 0.2) is 0 Å². The molecule has 3 N–H and O–H groups in total. The molecule has 4 nitrogen and oxygen atoms in total. The first kappa shape index (κ1) is 67.0. The number of hydrogen-bond acceptors (Lipinski definition) is 3. The van der Waals surface area contributed by atoms with Crippen LogP contribution in [0.2, 0.25) is 0 Å². The molecule has 1 amide bonds. The molecule has 0 aliphatic carbocycles. The number of aliphatic hydroxyl groups is 2. The third-order valence-electron chi connectivity index (χ3n) is 12.2. The Morgan fingerprint density at radius 3 is 0.986 bits per heavy atom. The van der Waals surface area contributed by atoms with Crippen LogP contribution in [0, 0.1) is 0 Å². The second-order valence-electron chi connectivity index (χ2n) is 19.0. The first-order valence-corrected chi connectivity index (χ1v) is 29.2. The minimum atomic E-state index is -0.895. The van der Waals surface area contributed by atoms with Gasteiger partial charge in [-0.15, -0.1) is 0 Å². The molecule has 0 radical (unpaired) electrons. The zero-order valence-electron chi connectivity index (χ0n) is 45.9. The van der Waals surface area contributed by atoms with E-state index in [2.05, 4.69) is 165 Å². The number of unbranched alkanes of at least 4 members (excludes halogenated alkanes) is 20. The van der Waals surface area contributed by atoms with Crippen LogP contribution in [0.25, 0.3) is 0 Å². The normalized spacial score (nSPS) is 14.0. The van der Waals surface area contributed by atoms with Crippen molar-refractivity contribution in [3.63, 3.8) is 0 Å². The highest BCUT2D eigenvalue weighted by molar-refractivity contribution is 5.76. The van der Waals surface area contributed by atoms with Crippen molar-refractivity contribution < 1.29 is 15.0 Å². The zero-order chi connectivity index (χ0) is 51.3. The third kappa shape index (κ3) is 56.8. The lowest BCUT2D eigenvalue weighted by Crippen LogP contribution is -2.45. The summed E-state index contributed by atoms with van der Waals surface area (Å²) in [5.74, 6) is -0.108. The van der Waals surface area contributed by atoms with Crippen LogP contribution < -0.4 is 5.32 Å². The number of aliphatic hydroxyl groups excluding tert-OH is 2. The molecule has 2 atom stereocenters. The van der Waals surface area contributed by atoms with Crippen LogP contribution in [0.4, 0.5) is 0 Å². The molecule has 0 spiro atoms. The molecule has 0 saturated heterocycles. The second-order valence-corrected chi connectivity index (χ2v) is 19.0. The SMILES string of the molecule is CC/C=C\C/C=C\C/C=C\C/C=C\C/C=C\C/C=C\C/C=C\C/C=C\C/C=C\C/C=C\CCCCCCC(=O)NC(CO)C(O)/C=C/CC/C=C/CC/C=C/CCCCCCCCCCCCCCCC. The van der Waals surface area contributed by atoms with Gasteiger partial charge in [-0.05, 0) is 122 Å². The molecular formula is C67H109NO3. The molecule has 0 fully saturated rings. The third-order valence-corrected chi connectivity index (χ3v) is 12.2. The van der Waals surface area contributed by atoms with Gasteiger partial charge in [-0.1, -0.05) is 268 Å². The number of allylic oxidation sites excluding steroid dienone is 25. The van der Waals surface area contributed by atoms with Gasteiger partial charge in [-0.25, -0.2) is 0 Å². The van der Waals surface area contributed by atoms with Crippen LogP contribution in [0.3, 0.4) is 0 Å². The van der Waals surface area contributed by atoms with E-state index >= 15 is 0 Å². The number of carbonyl (C=O) groups excluding carboxylic acids is 1. The first-order valence-electron chi connectivity index (χ1n) is 29.2. The predicted octanol–water partition coefficient (Wildman–Crippen LogP) is 19.7. The van der Waals surface area contributed by atoms with Crippen molar-refractivity contribution in [1.82, 2.24) is 5.32 Å². The van der Waals surface area contributed by atoms with Crippen molar-refractivity contribution in [1.29, 1.82) is 0 Å². The van der Waals surface area contributed by atoms with E-state index < -0.39 is 12.1 Å². The Morgan fingerprint density at radius 2 is 0.634 bits per heavy atom. The molecule has 0 aliphatic rings. The van der Waals surface area contributed by atoms with E-state index in [1.807, 2.05) is 6.08 Å². The molecule has 0 rings (SSSR count). The maximum Gasteiger partial charge on any atom is 0.220 e. The number of hydrogen-bond donors (Lipinski definition) is 3. The molecular weight excluding hydrogens is 867 g/mol. The van der Waals surface area contributed by atoms with Crippen LogP contribution >= 0.6 is 0 Å². The number of nitrogens with one attached hydrogen (secondary N) is 1. The molecule has 0 saturated carbocycles. The fourth-order valence-corrected chi connectivity index (χ4v) is 7.83. The molecule has 0 heterocycles. The molecule has 71 heavy (non-hydrogen) atoms. The van der Waals surface area contributed by atoms with E-state index in [9.17, 15) is 15.0 Å². The van der Waals surface area contributed by atoms with Crippen LogP contribution in [-0.4, -0.2) is 34.9 Å². The summed E-state index contributed by atoms with van der Waals surface area (Å²) >= 11 is 0. The summed E-state index contributed by atoms with van der Waals surface area (Å²) in [5, 5.41) is 23.1. The molecule has 0 aromatic heterocycles. The Hall–Kier alpha value is -3.99. The van der Waals surface area contributed by atoms with Gasteiger partial charge in [0.2, 0.25) is 5.91 Å². The van der Waals surface area contributed by atoms with Gasteiger partial charge in [-0.3, -0.25) is 4.79 Å². The lowest BCUT2D eigenvalue weighted by atomic mass is 10.0. The Labute approximate surface area is 439 Å². The predicted molar refractivity (Wildman–Crippen MR) is 317 cm³/mol. The molecule has 0 aliphatic heterocycles. The summed E-state index contributed by atoms with van der Waals surface area (Å²) in [6, 6.07) is -0.673. The Morgan fingerprint density at radius 1 is 0.352 bits per heavy atom. The quantitative estimate of drug-likeness (QED) is 0.0420. The van der Waals surface area contributed by atoms with E-state index in [1.165, 1.54) is 96.3 Å². The van der Waals surface area contributed by atoms with Crippen molar-refractivity contribution in [2.75, 3.05) is 6.61 Å². The molecule has 2 unspecified atom stereocenters. The smallest absolute Gasteiger partial charge is 0.220 e. The topological polar surface area (TPSA) is 69.6 Å². The Balaban J connectivity index is 3.73. The summed E-state index contributed by atoms with van der Waals surface area (Å²) in [6.07, 6.45) is 96.8. The Kier molecular flexibility index (Phi) is 56.9. The highest BCUT2D eigenvalue weighted by Gasteiger charge is 2.17. The first-order chi connectivity index (χ1) is 35.2. The van der Waals surface area contributed by atoms with Crippen molar-refractivity contribution in [2.24, 2.45) is 0 Å². The Bertz CT molecular complexity index is 1530. The van der Waals surface area contributed by atoms with Gasteiger partial charge in [0.05, 0.1) is 18.8 Å². The van der Waals surface area contributed by atoms with Crippen molar-refractivity contribution in [3.05, 3.63) is 158 Å². The van der Waals surface area contributed by atoms with Crippen LogP contribution in [0.5, 0.6) is 0 Å². The molecule has 0 bridgehead atoms. The van der Waals surface area contributed by atoms with Gasteiger partial charge in [0.25, 0.3) is 0 Å². The average molecular weight is 977 g/mol. The lowest BCUT2D eigenvalue weighted by molar-refractivity contribution is -0.123. The van der Waals surface area contributed by atoms with E-state index in [4.69, 9.17) is 0 Å². The van der Waals surface area contributed by atoms with Crippen LogP contribution in [-0.2, 0) is 4.79 Å². The summed E-state index contributed by atoms with van der Waals surface area (Å²) in [6.45, 7) is 4.17. The summed E-state index contributed by atoms with van der Waals surface area (Å²) < 4.78 is 0. The molecule has 0 aromatic carbocycles. The molecule has 400 valence electrons. The second kappa shape index (κ2) is 60.3. The van der Waals surface area contributed by atoms with Gasteiger partial charge in [0, 0.05) is 6.42 Å². The molecule has 4 heteroatoms. The maximum absolute atomic E-state index is 12.5. The zero-order valence-corrected chi connectivity index (χ0v) is 45.9. The maximum atomic E-state index is 12.5. The van der Waals surface area contributed by atoms with Crippen LogP contribution in [0.1, 0.15) is 239 Å².